The third-order valence-electron chi connectivity index (χ3n) is 17.3. The maximum atomic E-state index is 13.3. The van der Waals surface area contributed by atoms with Crippen molar-refractivity contribution < 1.29 is 64.6 Å². The quantitative estimate of drug-likeness (QED) is 0.0204. The molecule has 99 heavy (non-hydrogen) atoms. The number of amides is 1. The third kappa shape index (κ3) is 49.4. The van der Waals surface area contributed by atoms with Crippen molar-refractivity contribution in [2.45, 2.75) is 325 Å². The van der Waals surface area contributed by atoms with Crippen LogP contribution in [0.15, 0.2) is 182 Å². The fourth-order valence-corrected chi connectivity index (χ4v) is 11.2. The monoisotopic (exact) mass is 1380 g/mol. The number of hydrogen-bond donors (Lipinski definition) is 9. The van der Waals surface area contributed by atoms with Crippen LogP contribution in [-0.2, 0) is 23.7 Å². The van der Waals surface area contributed by atoms with Crippen LogP contribution in [0, 0.1) is 0 Å². The molecule has 2 aliphatic rings. The average molecular weight is 1380 g/mol. The van der Waals surface area contributed by atoms with E-state index in [9.17, 15) is 45.6 Å². The number of aliphatic hydroxyl groups is 8. The van der Waals surface area contributed by atoms with Gasteiger partial charge in [-0.2, -0.15) is 0 Å². The highest BCUT2D eigenvalue weighted by molar-refractivity contribution is 5.76. The van der Waals surface area contributed by atoms with Crippen molar-refractivity contribution in [2.75, 3.05) is 19.8 Å². The predicted molar refractivity (Wildman–Crippen MR) is 410 cm³/mol. The van der Waals surface area contributed by atoms with E-state index >= 15 is 0 Å². The van der Waals surface area contributed by atoms with Gasteiger partial charge < -0.3 is 65.1 Å². The molecule has 0 aromatic rings. The van der Waals surface area contributed by atoms with Gasteiger partial charge in [-0.3, -0.25) is 4.79 Å². The molecule has 2 heterocycles. The Bertz CT molecular complexity index is 2370. The molecule has 12 unspecified atom stereocenters. The highest BCUT2D eigenvalue weighted by atomic mass is 16.7. The molecule has 2 aliphatic heterocycles. The Labute approximate surface area is 600 Å². The lowest BCUT2D eigenvalue weighted by Gasteiger charge is -2.46. The molecule has 2 fully saturated rings. The van der Waals surface area contributed by atoms with E-state index in [0.29, 0.717) is 12.8 Å². The molecule has 14 heteroatoms. The maximum absolute atomic E-state index is 13.3. The number of aliphatic hydroxyl groups excluding tert-OH is 8. The fourth-order valence-electron chi connectivity index (χ4n) is 11.2. The molecular formula is C85H137NO13. The lowest BCUT2D eigenvalue weighted by molar-refractivity contribution is -0.359. The van der Waals surface area contributed by atoms with Crippen LogP contribution in [0.25, 0.3) is 0 Å². The van der Waals surface area contributed by atoms with Gasteiger partial charge in [0.2, 0.25) is 5.91 Å². The minimum Gasteiger partial charge on any atom is -0.394 e. The van der Waals surface area contributed by atoms with Gasteiger partial charge in [-0.05, 0) is 135 Å². The zero-order valence-electron chi connectivity index (χ0n) is 61.2. The highest BCUT2D eigenvalue weighted by Gasteiger charge is 2.51. The Balaban J connectivity index is 1.70. The van der Waals surface area contributed by atoms with Crippen molar-refractivity contribution in [1.29, 1.82) is 0 Å². The number of rotatable bonds is 61. The number of unbranched alkanes of at least 4 members (excludes halogenated alkanes) is 20. The molecule has 0 radical (unpaired) electrons. The summed E-state index contributed by atoms with van der Waals surface area (Å²) in [5, 5.41) is 87.5. The van der Waals surface area contributed by atoms with Crippen LogP contribution in [0.3, 0.4) is 0 Å². The van der Waals surface area contributed by atoms with Crippen LogP contribution in [0.4, 0.5) is 0 Å². The first-order valence-corrected chi connectivity index (χ1v) is 38.5. The Kier molecular flexibility index (Phi) is 60.4. The largest absolute Gasteiger partial charge is 0.394 e. The lowest BCUT2D eigenvalue weighted by Crippen LogP contribution is -2.65. The first kappa shape index (κ1) is 90.2. The SMILES string of the molecule is CC/C=C\C/C=C\C/C=C\C/C=C\C/C=C\C/C=C\C/C=C\C/C=C\C/C=C\C/C=C\C/C=C\C/C=C\CCCCC(=O)NC(COC1OC(CO)C(OC2OC(CO)C(O)C(O)C2O)C(O)C1O)C(O)/C=C/CC/C=C/CC/C=C/CCCCCCCCCCCCCCCCCC. The van der Waals surface area contributed by atoms with Crippen molar-refractivity contribution >= 4 is 5.91 Å². The Morgan fingerprint density at radius 2 is 0.707 bits per heavy atom. The second-order valence-corrected chi connectivity index (χ2v) is 26.0. The minimum absolute atomic E-state index is 0.202. The summed E-state index contributed by atoms with van der Waals surface area (Å²) in [5.41, 5.74) is 0. The van der Waals surface area contributed by atoms with Gasteiger partial charge >= 0.3 is 0 Å². The van der Waals surface area contributed by atoms with E-state index in [1.807, 2.05) is 6.08 Å². The molecule has 0 aliphatic carbocycles. The Morgan fingerprint density at radius 3 is 1.11 bits per heavy atom. The van der Waals surface area contributed by atoms with Gasteiger partial charge in [-0.1, -0.05) is 292 Å². The molecule has 0 aromatic heterocycles. The summed E-state index contributed by atoms with van der Waals surface area (Å²) in [5.74, 6) is -0.302. The van der Waals surface area contributed by atoms with Gasteiger partial charge in [0.05, 0.1) is 32.0 Å². The topological polar surface area (TPSA) is 228 Å². The molecule has 0 spiro atoms. The van der Waals surface area contributed by atoms with E-state index in [-0.39, 0.29) is 18.9 Å². The van der Waals surface area contributed by atoms with Crippen molar-refractivity contribution in [1.82, 2.24) is 5.32 Å². The minimum atomic E-state index is -1.81. The maximum Gasteiger partial charge on any atom is 0.220 e. The Morgan fingerprint density at radius 1 is 0.374 bits per heavy atom. The number of carbonyl (C=O) groups is 1. The van der Waals surface area contributed by atoms with E-state index in [2.05, 4.69) is 189 Å². The Hall–Kier alpha value is -4.91. The van der Waals surface area contributed by atoms with E-state index in [1.54, 1.807) is 6.08 Å². The number of allylic oxidation sites excluding steroid dienone is 29. The lowest BCUT2D eigenvalue weighted by atomic mass is 9.97. The van der Waals surface area contributed by atoms with Crippen molar-refractivity contribution in [3.05, 3.63) is 182 Å². The van der Waals surface area contributed by atoms with Crippen LogP contribution in [0.2, 0.25) is 0 Å². The summed E-state index contributed by atoms with van der Waals surface area (Å²) in [4.78, 5) is 13.3. The second kappa shape index (κ2) is 66.3. The highest BCUT2D eigenvalue weighted by Crippen LogP contribution is 2.30. The molecule has 560 valence electrons. The molecular weight excluding hydrogens is 1240 g/mol. The number of carbonyl (C=O) groups excluding carboxylic acids is 1. The number of ether oxygens (including phenoxy) is 4. The smallest absolute Gasteiger partial charge is 0.220 e. The second-order valence-electron chi connectivity index (χ2n) is 26.0. The summed E-state index contributed by atoms with van der Waals surface area (Å²) in [7, 11) is 0. The van der Waals surface area contributed by atoms with Crippen molar-refractivity contribution in [3.63, 3.8) is 0 Å². The molecule has 1 amide bonds. The molecule has 2 rings (SSSR count). The first-order chi connectivity index (χ1) is 48.6. The zero-order valence-corrected chi connectivity index (χ0v) is 61.2. The summed E-state index contributed by atoms with van der Waals surface area (Å²) in [6, 6.07) is -0.978. The molecule has 14 nitrogen and oxygen atoms in total. The van der Waals surface area contributed by atoms with E-state index in [4.69, 9.17) is 18.9 Å². The molecule has 9 N–H and O–H groups in total. The molecule has 0 saturated carbocycles. The van der Waals surface area contributed by atoms with Gasteiger partial charge in [-0.25, -0.2) is 0 Å². The van der Waals surface area contributed by atoms with Crippen LogP contribution in [0.5, 0.6) is 0 Å². The van der Waals surface area contributed by atoms with E-state index in [0.717, 1.165) is 116 Å². The van der Waals surface area contributed by atoms with Crippen molar-refractivity contribution in [2.24, 2.45) is 0 Å². The summed E-state index contributed by atoms with van der Waals surface area (Å²) >= 11 is 0. The molecule has 0 bridgehead atoms. The van der Waals surface area contributed by atoms with E-state index < -0.39 is 86.8 Å². The summed E-state index contributed by atoms with van der Waals surface area (Å²) in [6.07, 6.45) is 88.2. The van der Waals surface area contributed by atoms with Gasteiger partial charge in [-0.15, -0.1) is 0 Å². The zero-order chi connectivity index (χ0) is 71.5. The molecule has 2 saturated heterocycles. The molecule has 0 aromatic carbocycles. The first-order valence-electron chi connectivity index (χ1n) is 38.5. The molecule has 12 atom stereocenters. The van der Waals surface area contributed by atoms with Gasteiger partial charge in [0.1, 0.15) is 48.8 Å². The van der Waals surface area contributed by atoms with Crippen molar-refractivity contribution in [3.8, 4) is 0 Å². The average Bonchev–Trinajstić information content (AvgIpc) is 0.794. The van der Waals surface area contributed by atoms with Gasteiger partial charge in [0.25, 0.3) is 0 Å². The van der Waals surface area contributed by atoms with Crippen LogP contribution in [0.1, 0.15) is 251 Å². The van der Waals surface area contributed by atoms with Crippen LogP contribution in [-0.4, -0.2) is 140 Å². The number of hydrogen-bond acceptors (Lipinski definition) is 13. The summed E-state index contributed by atoms with van der Waals surface area (Å²) in [6.45, 7) is 2.63. The van der Waals surface area contributed by atoms with Gasteiger partial charge in [0, 0.05) is 6.42 Å². The summed E-state index contributed by atoms with van der Waals surface area (Å²) < 4.78 is 22.8. The van der Waals surface area contributed by atoms with E-state index in [1.165, 1.54) is 103 Å². The predicted octanol–water partition coefficient (Wildman–Crippen LogP) is 17.3. The van der Waals surface area contributed by atoms with Crippen LogP contribution >= 0.6 is 0 Å². The number of nitrogens with one attached hydrogen (secondary N) is 1. The normalized spacial score (nSPS) is 23.0. The third-order valence-corrected chi connectivity index (χ3v) is 17.3. The standard InChI is InChI=1S/C85H137NO13/c1-3-5-7-9-11-13-15-17-19-21-23-25-27-29-31-32-33-34-35-36-37-38-39-40-41-42-43-45-47-49-51-53-55-57-59-61-63-65-67-69-77(90)86-73(72-96-84-82(95)80(93)83(76(71-88)98-84)99-85-81(94)79(92)78(91)75(70-87)97-85)74(89)68-66-64-62-60-58-56-54-52-50-48-46-44-30-28-26-24-22-20-18-16-14-12-10-8-6-4-2/h5,7,11,13,17,19,23,25,29,31,33-34,36-37,39-40,42-43,47,49-50,52-53,55,58-61,66,68,73-76,78-85,87-89,91-95H,3-4,6,8-10,12,14-16,18,20-22,24,26-28,30,32,35,38,41,44-46,48,51,54,56-57,62-65,67,69-72H2,1-2H3,(H,86,90)/b7-5-,13-11-,19-17-,25-23-,31-29-,34-33-,37-36-,40-39-,43-42-,49-47-,52-50+,55-53-,60-58+,61-59-,68-66+. The van der Waals surface area contributed by atoms with Gasteiger partial charge in [0.15, 0.2) is 12.6 Å². The van der Waals surface area contributed by atoms with Crippen LogP contribution < -0.4 is 5.32 Å². The fraction of sp³-hybridized carbons (Fsp3) is 0.635.